The lowest BCUT2D eigenvalue weighted by Crippen LogP contribution is -2.53. The van der Waals surface area contributed by atoms with Gasteiger partial charge in [-0.2, -0.15) is 0 Å². The SMILES string of the molecule is CC(C)(C)OC(=O)N1CCC1CCN.Cc1ccccc1.OCc1ccccc1. The Hall–Kier alpha value is -2.37. The van der Waals surface area contributed by atoms with E-state index in [1.165, 1.54) is 5.56 Å². The molecule has 0 aliphatic carbocycles. The van der Waals surface area contributed by atoms with E-state index in [0.717, 1.165) is 24.9 Å². The molecule has 0 aromatic heterocycles. The standard InChI is InChI=1S/C10H20N2O2.C7H8O.C7H8/c1-10(2,3)14-9(13)12-7-5-8(12)4-6-11;8-6-7-4-2-1-3-5-7;1-7-5-3-2-4-6-7/h8H,4-7,11H2,1-3H3;1-5,8H,6H2;2-6H,1H3. The molecule has 2 aromatic rings. The number of benzene rings is 2. The van der Waals surface area contributed by atoms with Crippen LogP contribution < -0.4 is 5.73 Å². The molecular weight excluding hydrogens is 364 g/mol. The number of nitrogens with two attached hydrogens (primary N) is 1. The van der Waals surface area contributed by atoms with Gasteiger partial charge in [-0.25, -0.2) is 4.79 Å². The minimum atomic E-state index is -0.403. The van der Waals surface area contributed by atoms with Crippen molar-refractivity contribution in [1.29, 1.82) is 0 Å². The van der Waals surface area contributed by atoms with Crippen LogP contribution in [0.25, 0.3) is 0 Å². The highest BCUT2D eigenvalue weighted by Crippen LogP contribution is 2.22. The molecule has 1 unspecified atom stereocenters. The predicted molar refractivity (Wildman–Crippen MR) is 119 cm³/mol. The fourth-order valence-corrected chi connectivity index (χ4v) is 2.61. The second kappa shape index (κ2) is 13.0. The van der Waals surface area contributed by atoms with Gasteiger partial charge in [-0.05, 0) is 52.6 Å². The van der Waals surface area contributed by atoms with Crippen molar-refractivity contribution >= 4 is 6.09 Å². The molecule has 160 valence electrons. The number of aryl methyl sites for hydroxylation is 1. The molecule has 0 spiro atoms. The Labute approximate surface area is 175 Å². The highest BCUT2D eigenvalue weighted by molar-refractivity contribution is 5.69. The van der Waals surface area contributed by atoms with Gasteiger partial charge in [0, 0.05) is 12.6 Å². The third kappa shape index (κ3) is 10.7. The summed E-state index contributed by atoms with van der Waals surface area (Å²) in [4.78, 5) is 13.4. The number of carbonyl (C=O) groups is 1. The molecule has 29 heavy (non-hydrogen) atoms. The lowest BCUT2D eigenvalue weighted by molar-refractivity contribution is -0.00613. The van der Waals surface area contributed by atoms with Crippen LogP contribution in [0.3, 0.4) is 0 Å². The van der Waals surface area contributed by atoms with Gasteiger partial charge in [-0.15, -0.1) is 0 Å². The second-order valence-corrected chi connectivity index (χ2v) is 7.99. The largest absolute Gasteiger partial charge is 0.444 e. The Morgan fingerprint density at radius 3 is 1.97 bits per heavy atom. The van der Waals surface area contributed by atoms with Crippen LogP contribution in [0.4, 0.5) is 4.79 Å². The monoisotopic (exact) mass is 400 g/mol. The van der Waals surface area contributed by atoms with E-state index in [4.69, 9.17) is 15.6 Å². The average molecular weight is 401 g/mol. The molecule has 0 radical (unpaired) electrons. The fourth-order valence-electron chi connectivity index (χ4n) is 2.61. The number of aliphatic hydroxyl groups excluding tert-OH is 1. The van der Waals surface area contributed by atoms with E-state index in [1.54, 1.807) is 4.90 Å². The third-order valence-electron chi connectivity index (χ3n) is 4.24. The van der Waals surface area contributed by atoms with Crippen molar-refractivity contribution < 1.29 is 14.6 Å². The van der Waals surface area contributed by atoms with Crippen LogP contribution in [0.5, 0.6) is 0 Å². The molecule has 1 atom stereocenters. The van der Waals surface area contributed by atoms with Gasteiger partial charge in [-0.1, -0.05) is 66.2 Å². The highest BCUT2D eigenvalue weighted by atomic mass is 16.6. The molecule has 0 saturated carbocycles. The first-order chi connectivity index (χ1) is 13.8. The molecule has 1 aliphatic heterocycles. The number of rotatable bonds is 3. The summed E-state index contributed by atoms with van der Waals surface area (Å²) in [5, 5.41) is 8.54. The Balaban J connectivity index is 0.000000237. The van der Waals surface area contributed by atoms with E-state index in [9.17, 15) is 4.79 Å². The topological polar surface area (TPSA) is 75.8 Å². The maximum absolute atomic E-state index is 11.6. The highest BCUT2D eigenvalue weighted by Gasteiger charge is 2.34. The summed E-state index contributed by atoms with van der Waals surface area (Å²) >= 11 is 0. The summed E-state index contributed by atoms with van der Waals surface area (Å²) in [5.41, 5.74) is 7.33. The van der Waals surface area contributed by atoms with Crippen LogP contribution in [0.15, 0.2) is 60.7 Å². The summed E-state index contributed by atoms with van der Waals surface area (Å²) in [5.74, 6) is 0. The first kappa shape index (κ1) is 24.7. The smallest absolute Gasteiger partial charge is 0.410 e. The number of likely N-dealkylation sites (tertiary alicyclic amines) is 1. The number of ether oxygens (including phenoxy) is 1. The zero-order valence-electron chi connectivity index (χ0n) is 18.2. The lowest BCUT2D eigenvalue weighted by atomic mass is 10.0. The molecule has 1 heterocycles. The molecule has 1 amide bonds. The van der Waals surface area contributed by atoms with Gasteiger partial charge in [0.25, 0.3) is 0 Å². The quantitative estimate of drug-likeness (QED) is 0.794. The summed E-state index contributed by atoms with van der Waals surface area (Å²) in [7, 11) is 0. The zero-order chi connectivity index (χ0) is 21.7. The summed E-state index contributed by atoms with van der Waals surface area (Å²) in [6.45, 7) is 9.29. The van der Waals surface area contributed by atoms with E-state index in [0.29, 0.717) is 12.6 Å². The second-order valence-electron chi connectivity index (χ2n) is 7.99. The molecule has 3 rings (SSSR count). The molecular formula is C24H36N2O3. The molecule has 1 saturated heterocycles. The van der Waals surface area contributed by atoms with Crippen molar-refractivity contribution in [2.24, 2.45) is 5.73 Å². The van der Waals surface area contributed by atoms with Gasteiger partial charge in [0.15, 0.2) is 0 Å². The van der Waals surface area contributed by atoms with Crippen molar-refractivity contribution in [2.75, 3.05) is 13.1 Å². The summed E-state index contributed by atoms with van der Waals surface area (Å²) in [6.07, 6.45) is 1.72. The number of hydrogen-bond acceptors (Lipinski definition) is 4. The molecule has 1 fully saturated rings. The lowest BCUT2D eigenvalue weighted by Gasteiger charge is -2.41. The molecule has 3 N–H and O–H groups in total. The number of amides is 1. The molecule has 1 aliphatic rings. The van der Waals surface area contributed by atoms with Crippen LogP contribution in [0.1, 0.15) is 44.7 Å². The number of aliphatic hydroxyl groups is 1. The van der Waals surface area contributed by atoms with E-state index in [1.807, 2.05) is 69.3 Å². The van der Waals surface area contributed by atoms with Crippen molar-refractivity contribution in [2.45, 2.75) is 58.8 Å². The fraction of sp³-hybridized carbons (Fsp3) is 0.458. The summed E-state index contributed by atoms with van der Waals surface area (Å²) in [6, 6.07) is 20.1. The maximum atomic E-state index is 11.6. The Morgan fingerprint density at radius 1 is 1.10 bits per heavy atom. The van der Waals surface area contributed by atoms with Crippen LogP contribution >= 0.6 is 0 Å². The van der Waals surface area contributed by atoms with Crippen molar-refractivity contribution in [3.8, 4) is 0 Å². The van der Waals surface area contributed by atoms with Crippen LogP contribution in [-0.4, -0.2) is 40.8 Å². The van der Waals surface area contributed by atoms with Crippen LogP contribution in [-0.2, 0) is 11.3 Å². The van der Waals surface area contributed by atoms with Gasteiger partial charge < -0.3 is 20.5 Å². The average Bonchev–Trinajstić information content (AvgIpc) is 2.66. The summed E-state index contributed by atoms with van der Waals surface area (Å²) < 4.78 is 5.26. The Bertz CT molecular complexity index is 684. The van der Waals surface area contributed by atoms with E-state index >= 15 is 0 Å². The van der Waals surface area contributed by atoms with Crippen molar-refractivity contribution in [3.05, 3.63) is 71.8 Å². The molecule has 2 aromatic carbocycles. The van der Waals surface area contributed by atoms with Gasteiger partial charge in [-0.3, -0.25) is 0 Å². The number of carbonyl (C=O) groups excluding carboxylic acids is 1. The number of nitrogens with zero attached hydrogens (tertiary/aromatic N) is 1. The van der Waals surface area contributed by atoms with Gasteiger partial charge in [0.05, 0.1) is 6.61 Å². The molecule has 0 bridgehead atoms. The van der Waals surface area contributed by atoms with Crippen LogP contribution in [0, 0.1) is 6.92 Å². The maximum Gasteiger partial charge on any atom is 0.410 e. The Morgan fingerprint density at radius 2 is 1.66 bits per heavy atom. The van der Waals surface area contributed by atoms with Crippen molar-refractivity contribution in [3.63, 3.8) is 0 Å². The van der Waals surface area contributed by atoms with E-state index < -0.39 is 5.60 Å². The molecule has 5 nitrogen and oxygen atoms in total. The van der Waals surface area contributed by atoms with Gasteiger partial charge in [0.1, 0.15) is 5.60 Å². The number of hydrogen-bond donors (Lipinski definition) is 2. The zero-order valence-corrected chi connectivity index (χ0v) is 18.2. The predicted octanol–water partition coefficient (Wildman–Crippen LogP) is 4.52. The minimum absolute atomic E-state index is 0.140. The first-order valence-electron chi connectivity index (χ1n) is 10.1. The van der Waals surface area contributed by atoms with Gasteiger partial charge >= 0.3 is 6.09 Å². The molecule has 5 heteroatoms. The van der Waals surface area contributed by atoms with Crippen molar-refractivity contribution in [1.82, 2.24) is 4.90 Å². The normalized spacial score (nSPS) is 15.1. The minimum Gasteiger partial charge on any atom is -0.444 e. The van der Waals surface area contributed by atoms with Crippen LogP contribution in [0.2, 0.25) is 0 Å². The Kier molecular flexibility index (Phi) is 11.0. The van der Waals surface area contributed by atoms with E-state index in [2.05, 4.69) is 19.1 Å². The third-order valence-corrected chi connectivity index (χ3v) is 4.24. The van der Waals surface area contributed by atoms with Gasteiger partial charge in [0.2, 0.25) is 0 Å². The van der Waals surface area contributed by atoms with E-state index in [-0.39, 0.29) is 12.7 Å². The first-order valence-corrected chi connectivity index (χ1v) is 10.1.